The maximum atomic E-state index is 3.89. The van der Waals surface area contributed by atoms with E-state index in [1.54, 1.807) is 6.33 Å². The highest BCUT2D eigenvalue weighted by molar-refractivity contribution is 5.75. The van der Waals surface area contributed by atoms with Crippen molar-refractivity contribution in [3.8, 4) is 0 Å². The molecule has 0 atom stereocenters. The zero-order valence-electron chi connectivity index (χ0n) is 5.76. The van der Waals surface area contributed by atoms with Gasteiger partial charge in [-0.25, -0.2) is 4.98 Å². The van der Waals surface area contributed by atoms with Crippen LogP contribution in [-0.4, -0.2) is 18.4 Å². The monoisotopic (exact) mass is 121 g/mol. The summed E-state index contributed by atoms with van der Waals surface area (Å²) in [5.74, 6) is 0.567. The van der Waals surface area contributed by atoms with E-state index in [1.165, 1.54) is 5.69 Å². The van der Waals surface area contributed by atoms with Crippen molar-refractivity contribution in [2.75, 3.05) is 0 Å². The average Bonchev–Trinajstić information content (AvgIpc) is 2.12. The normalized spacial score (nSPS) is 9.22. The molecule has 9 heavy (non-hydrogen) atoms. The molecular formula is C6H10BN2. The minimum atomic E-state index is 0. The highest BCUT2D eigenvalue weighted by Gasteiger charge is 1.95. The summed E-state index contributed by atoms with van der Waals surface area (Å²) in [5.41, 5.74) is 1.20. The molecule has 0 aliphatic rings. The number of rotatable bonds is 1. The summed E-state index contributed by atoms with van der Waals surface area (Å²) in [5, 5.41) is 0. The molecule has 0 unspecified atom stereocenters. The van der Waals surface area contributed by atoms with Crippen LogP contribution in [0, 0.1) is 0 Å². The minimum absolute atomic E-state index is 0. The van der Waals surface area contributed by atoms with Crippen LogP contribution in [0.2, 0.25) is 0 Å². The van der Waals surface area contributed by atoms with Gasteiger partial charge in [-0.2, -0.15) is 0 Å². The summed E-state index contributed by atoms with van der Waals surface area (Å²) < 4.78 is 0. The van der Waals surface area contributed by atoms with Gasteiger partial charge in [-0.15, -0.1) is 0 Å². The van der Waals surface area contributed by atoms with E-state index < -0.39 is 0 Å². The minimum Gasteiger partial charge on any atom is -0.348 e. The largest absolute Gasteiger partial charge is 0.348 e. The predicted octanol–water partition coefficient (Wildman–Crippen LogP) is 1.15. The lowest BCUT2D eigenvalue weighted by Crippen LogP contribution is -1.84. The number of aromatic amines is 1. The molecule has 0 bridgehead atoms. The molecule has 0 aliphatic heterocycles. The maximum absolute atomic E-state index is 3.89. The number of hydrogen-bond acceptors (Lipinski definition) is 1. The second-order valence-electron chi connectivity index (χ2n) is 2.16. The molecule has 0 fully saturated rings. The molecule has 1 aromatic rings. The number of nitrogens with one attached hydrogen (secondary N) is 1. The van der Waals surface area contributed by atoms with Crippen LogP contribution in [0.15, 0.2) is 12.5 Å². The highest BCUT2D eigenvalue weighted by atomic mass is 14.9. The SMILES string of the molecule is CC(C)c1cnc[nH]1.[B]. The van der Waals surface area contributed by atoms with Crippen molar-refractivity contribution in [3.63, 3.8) is 0 Å². The summed E-state index contributed by atoms with van der Waals surface area (Å²) in [7, 11) is 0. The molecule has 0 saturated heterocycles. The number of H-pyrrole nitrogens is 1. The van der Waals surface area contributed by atoms with E-state index in [1.807, 2.05) is 6.20 Å². The van der Waals surface area contributed by atoms with E-state index in [0.717, 1.165) is 0 Å². The molecule has 1 N–H and O–H groups in total. The third-order valence-electron chi connectivity index (χ3n) is 1.14. The molecule has 1 aromatic heterocycles. The van der Waals surface area contributed by atoms with Crippen LogP contribution >= 0.6 is 0 Å². The Balaban J connectivity index is 0.000000640. The van der Waals surface area contributed by atoms with Gasteiger partial charge in [0.15, 0.2) is 0 Å². The number of imidazole rings is 1. The molecule has 1 heterocycles. The molecule has 2 nitrogen and oxygen atoms in total. The van der Waals surface area contributed by atoms with Crippen molar-refractivity contribution >= 4 is 8.41 Å². The molecule has 1 rings (SSSR count). The van der Waals surface area contributed by atoms with Crippen molar-refractivity contribution in [1.82, 2.24) is 9.97 Å². The second kappa shape index (κ2) is 3.33. The van der Waals surface area contributed by atoms with Gasteiger partial charge in [0.25, 0.3) is 0 Å². The van der Waals surface area contributed by atoms with E-state index in [9.17, 15) is 0 Å². The fourth-order valence-electron chi connectivity index (χ4n) is 0.582. The zero-order valence-corrected chi connectivity index (χ0v) is 5.76. The summed E-state index contributed by atoms with van der Waals surface area (Å²) >= 11 is 0. The third kappa shape index (κ3) is 1.92. The highest BCUT2D eigenvalue weighted by Crippen LogP contribution is 2.07. The fraction of sp³-hybridized carbons (Fsp3) is 0.500. The molecule has 0 aliphatic carbocycles. The average molecular weight is 121 g/mol. The molecule has 0 amide bonds. The Kier molecular flexibility index (Phi) is 3.06. The summed E-state index contributed by atoms with van der Waals surface area (Å²) in [4.78, 5) is 6.91. The third-order valence-corrected chi connectivity index (χ3v) is 1.14. The van der Waals surface area contributed by atoms with Gasteiger partial charge in [0.1, 0.15) is 0 Å². The first-order valence-electron chi connectivity index (χ1n) is 2.79. The van der Waals surface area contributed by atoms with Crippen molar-refractivity contribution in [2.24, 2.45) is 0 Å². The Labute approximate surface area is 57.3 Å². The van der Waals surface area contributed by atoms with Crippen molar-refractivity contribution in [1.29, 1.82) is 0 Å². The zero-order chi connectivity index (χ0) is 5.98. The standard InChI is InChI=1S/C6H10N2.B/c1-5(2)6-3-7-4-8-6;/h3-5H,1-2H3,(H,7,8);. The van der Waals surface area contributed by atoms with Crippen molar-refractivity contribution in [2.45, 2.75) is 19.8 Å². The Bertz CT molecular complexity index is 146. The van der Waals surface area contributed by atoms with Gasteiger partial charge in [-0.05, 0) is 5.92 Å². The van der Waals surface area contributed by atoms with E-state index >= 15 is 0 Å². The Hall–Kier alpha value is -0.725. The summed E-state index contributed by atoms with van der Waals surface area (Å²) in [6.07, 6.45) is 3.56. The van der Waals surface area contributed by atoms with Gasteiger partial charge in [0.2, 0.25) is 0 Å². The van der Waals surface area contributed by atoms with Crippen LogP contribution in [0.5, 0.6) is 0 Å². The van der Waals surface area contributed by atoms with Crippen LogP contribution in [-0.2, 0) is 0 Å². The molecule has 47 valence electrons. The van der Waals surface area contributed by atoms with Crippen LogP contribution < -0.4 is 0 Å². The lowest BCUT2D eigenvalue weighted by Gasteiger charge is -1.95. The number of hydrogen-bond donors (Lipinski definition) is 1. The van der Waals surface area contributed by atoms with Gasteiger partial charge < -0.3 is 4.98 Å². The number of aromatic nitrogens is 2. The first-order chi connectivity index (χ1) is 3.80. The van der Waals surface area contributed by atoms with Crippen molar-refractivity contribution < 1.29 is 0 Å². The molecular weight excluding hydrogens is 111 g/mol. The van der Waals surface area contributed by atoms with E-state index in [-0.39, 0.29) is 8.41 Å². The number of nitrogens with zero attached hydrogens (tertiary/aromatic N) is 1. The summed E-state index contributed by atoms with van der Waals surface area (Å²) in [6, 6.07) is 0. The van der Waals surface area contributed by atoms with Crippen LogP contribution in [0.3, 0.4) is 0 Å². The first-order valence-corrected chi connectivity index (χ1v) is 2.79. The molecule has 0 saturated carbocycles. The lowest BCUT2D eigenvalue weighted by atomic mass is 10.2. The predicted molar refractivity (Wildman–Crippen MR) is 38.4 cm³/mol. The van der Waals surface area contributed by atoms with Gasteiger partial charge in [-0.1, -0.05) is 13.8 Å². The topological polar surface area (TPSA) is 28.7 Å². The summed E-state index contributed by atoms with van der Waals surface area (Å²) in [6.45, 7) is 4.26. The maximum Gasteiger partial charge on any atom is 0.0921 e. The molecule has 0 spiro atoms. The smallest absolute Gasteiger partial charge is 0.0921 e. The van der Waals surface area contributed by atoms with E-state index in [2.05, 4.69) is 23.8 Å². The van der Waals surface area contributed by atoms with Crippen molar-refractivity contribution in [3.05, 3.63) is 18.2 Å². The fourth-order valence-corrected chi connectivity index (χ4v) is 0.582. The Morgan fingerprint density at radius 1 is 1.56 bits per heavy atom. The van der Waals surface area contributed by atoms with E-state index in [4.69, 9.17) is 0 Å². The first kappa shape index (κ1) is 8.27. The lowest BCUT2D eigenvalue weighted by molar-refractivity contribution is 0.832. The molecule has 3 heteroatoms. The van der Waals surface area contributed by atoms with Crippen LogP contribution in [0.25, 0.3) is 0 Å². The Morgan fingerprint density at radius 3 is 2.44 bits per heavy atom. The molecule has 3 radical (unpaired) electrons. The quantitative estimate of drug-likeness (QED) is 0.554. The second-order valence-corrected chi connectivity index (χ2v) is 2.16. The van der Waals surface area contributed by atoms with Gasteiger partial charge in [-0.3, -0.25) is 0 Å². The van der Waals surface area contributed by atoms with Gasteiger partial charge >= 0.3 is 0 Å². The van der Waals surface area contributed by atoms with Crippen LogP contribution in [0.1, 0.15) is 25.5 Å². The van der Waals surface area contributed by atoms with Gasteiger partial charge in [0, 0.05) is 20.3 Å². The van der Waals surface area contributed by atoms with E-state index in [0.29, 0.717) is 5.92 Å². The molecule has 0 aromatic carbocycles. The van der Waals surface area contributed by atoms with Gasteiger partial charge in [0.05, 0.1) is 6.33 Å². The Morgan fingerprint density at radius 2 is 2.22 bits per heavy atom. The van der Waals surface area contributed by atoms with Crippen LogP contribution in [0.4, 0.5) is 0 Å².